The second-order valence-electron chi connectivity index (χ2n) is 4.68. The Balaban J connectivity index is 2.55. The molecule has 86 valence electrons. The highest BCUT2D eigenvalue weighted by Gasteiger charge is 2.20. The molecule has 0 N–H and O–H groups in total. The summed E-state index contributed by atoms with van der Waals surface area (Å²) in [6.45, 7) is 4.25. The number of ether oxygens (including phenoxy) is 1. The van der Waals surface area contributed by atoms with E-state index in [1.807, 2.05) is 12.1 Å². The van der Waals surface area contributed by atoms with Gasteiger partial charge >= 0.3 is 0 Å². The SMILES string of the molecule is COc1cc2c(cc1C(C)C)C(=O)CCC2. The van der Waals surface area contributed by atoms with Gasteiger partial charge in [-0.2, -0.15) is 0 Å². The molecule has 0 spiro atoms. The van der Waals surface area contributed by atoms with Gasteiger partial charge in [0.2, 0.25) is 0 Å². The summed E-state index contributed by atoms with van der Waals surface area (Å²) in [5.41, 5.74) is 3.20. The van der Waals surface area contributed by atoms with Crippen molar-refractivity contribution in [3.05, 3.63) is 28.8 Å². The van der Waals surface area contributed by atoms with Crippen LogP contribution in [0.2, 0.25) is 0 Å². The van der Waals surface area contributed by atoms with Crippen LogP contribution in [0.5, 0.6) is 5.75 Å². The van der Waals surface area contributed by atoms with Crippen molar-refractivity contribution >= 4 is 5.78 Å². The van der Waals surface area contributed by atoms with Crippen molar-refractivity contribution in [2.24, 2.45) is 0 Å². The average Bonchev–Trinajstić information content (AvgIpc) is 2.27. The van der Waals surface area contributed by atoms with E-state index in [1.165, 1.54) is 0 Å². The second kappa shape index (κ2) is 4.28. The molecular weight excluding hydrogens is 200 g/mol. The molecule has 2 heteroatoms. The number of carbonyl (C=O) groups excluding carboxylic acids is 1. The fourth-order valence-electron chi connectivity index (χ4n) is 2.31. The van der Waals surface area contributed by atoms with Crippen LogP contribution >= 0.6 is 0 Å². The zero-order valence-electron chi connectivity index (χ0n) is 10.2. The van der Waals surface area contributed by atoms with Crippen LogP contribution in [-0.4, -0.2) is 12.9 Å². The van der Waals surface area contributed by atoms with Gasteiger partial charge in [-0.05, 0) is 42.0 Å². The zero-order valence-corrected chi connectivity index (χ0v) is 10.2. The molecule has 0 saturated carbocycles. The summed E-state index contributed by atoms with van der Waals surface area (Å²) in [6.07, 6.45) is 2.66. The maximum absolute atomic E-state index is 11.8. The fourth-order valence-corrected chi connectivity index (χ4v) is 2.31. The fraction of sp³-hybridized carbons (Fsp3) is 0.500. The first-order valence-corrected chi connectivity index (χ1v) is 5.87. The number of hydrogen-bond donors (Lipinski definition) is 0. The summed E-state index contributed by atoms with van der Waals surface area (Å²) in [5, 5.41) is 0. The molecule has 2 nitrogen and oxygen atoms in total. The minimum absolute atomic E-state index is 0.283. The Morgan fingerprint density at radius 1 is 1.25 bits per heavy atom. The van der Waals surface area contributed by atoms with Crippen molar-refractivity contribution in [1.82, 2.24) is 0 Å². The summed E-state index contributed by atoms with van der Waals surface area (Å²) in [4.78, 5) is 11.8. The highest BCUT2D eigenvalue weighted by Crippen LogP contribution is 2.33. The largest absolute Gasteiger partial charge is 0.496 e. The topological polar surface area (TPSA) is 26.3 Å². The Hall–Kier alpha value is -1.31. The van der Waals surface area contributed by atoms with Crippen LogP contribution in [0.25, 0.3) is 0 Å². The maximum atomic E-state index is 11.8. The molecule has 1 aromatic carbocycles. The molecule has 0 fully saturated rings. The number of ketones is 1. The quantitative estimate of drug-likeness (QED) is 0.761. The molecule has 0 amide bonds. The standard InChI is InChI=1S/C14H18O2/c1-9(2)11-8-12-10(7-14(11)16-3)5-4-6-13(12)15/h7-9H,4-6H2,1-3H3. The molecule has 0 saturated heterocycles. The second-order valence-corrected chi connectivity index (χ2v) is 4.68. The molecule has 0 bridgehead atoms. The zero-order chi connectivity index (χ0) is 11.7. The van der Waals surface area contributed by atoms with Crippen molar-refractivity contribution in [2.45, 2.75) is 39.0 Å². The van der Waals surface area contributed by atoms with Crippen LogP contribution in [0.4, 0.5) is 0 Å². The lowest BCUT2D eigenvalue weighted by Crippen LogP contribution is -2.12. The molecular formula is C14H18O2. The Bertz CT molecular complexity index is 419. The predicted octanol–water partition coefficient (Wildman–Crippen LogP) is 3.34. The Morgan fingerprint density at radius 2 is 2.00 bits per heavy atom. The lowest BCUT2D eigenvalue weighted by Gasteiger charge is -2.19. The van der Waals surface area contributed by atoms with Gasteiger partial charge < -0.3 is 4.74 Å². The van der Waals surface area contributed by atoms with Crippen molar-refractivity contribution < 1.29 is 9.53 Å². The van der Waals surface area contributed by atoms with Gasteiger partial charge in [-0.3, -0.25) is 4.79 Å². The smallest absolute Gasteiger partial charge is 0.163 e. The molecule has 0 unspecified atom stereocenters. The molecule has 2 rings (SSSR count). The van der Waals surface area contributed by atoms with Crippen LogP contribution in [0, 0.1) is 0 Å². The molecule has 1 aliphatic carbocycles. The van der Waals surface area contributed by atoms with Gasteiger partial charge in [-0.1, -0.05) is 13.8 Å². The Labute approximate surface area is 96.6 Å². The third-order valence-electron chi connectivity index (χ3n) is 3.23. The molecule has 0 aliphatic heterocycles. The van der Waals surface area contributed by atoms with E-state index < -0.39 is 0 Å². The Kier molecular flexibility index (Phi) is 2.99. The summed E-state index contributed by atoms with van der Waals surface area (Å²) in [6, 6.07) is 4.07. The van der Waals surface area contributed by atoms with Gasteiger partial charge in [-0.25, -0.2) is 0 Å². The van der Waals surface area contributed by atoms with Crippen LogP contribution in [0.1, 0.15) is 54.1 Å². The summed E-state index contributed by atoms with van der Waals surface area (Å²) < 4.78 is 5.40. The minimum Gasteiger partial charge on any atom is -0.496 e. The minimum atomic E-state index is 0.283. The van der Waals surface area contributed by atoms with Crippen LogP contribution < -0.4 is 4.74 Å². The highest BCUT2D eigenvalue weighted by atomic mass is 16.5. The van der Waals surface area contributed by atoms with Gasteiger partial charge in [0.1, 0.15) is 5.75 Å². The van der Waals surface area contributed by atoms with E-state index in [4.69, 9.17) is 4.74 Å². The Morgan fingerprint density at radius 3 is 2.62 bits per heavy atom. The summed E-state index contributed by atoms with van der Waals surface area (Å²) in [7, 11) is 1.69. The number of rotatable bonds is 2. The van der Waals surface area contributed by atoms with Crippen molar-refractivity contribution in [3.63, 3.8) is 0 Å². The molecule has 0 atom stereocenters. The normalized spacial score (nSPS) is 15.1. The van der Waals surface area contributed by atoms with Gasteiger partial charge in [0.25, 0.3) is 0 Å². The van der Waals surface area contributed by atoms with E-state index in [-0.39, 0.29) is 5.78 Å². The van der Waals surface area contributed by atoms with Gasteiger partial charge in [0, 0.05) is 12.0 Å². The average molecular weight is 218 g/mol. The maximum Gasteiger partial charge on any atom is 0.163 e. The molecule has 16 heavy (non-hydrogen) atoms. The predicted molar refractivity (Wildman–Crippen MR) is 64.4 cm³/mol. The first-order valence-electron chi connectivity index (χ1n) is 5.87. The van der Waals surface area contributed by atoms with Gasteiger partial charge in [-0.15, -0.1) is 0 Å². The van der Waals surface area contributed by atoms with Gasteiger partial charge in [0.15, 0.2) is 5.78 Å². The first-order chi connectivity index (χ1) is 7.63. The van der Waals surface area contributed by atoms with Gasteiger partial charge in [0.05, 0.1) is 7.11 Å². The molecule has 0 radical (unpaired) electrons. The molecule has 1 aliphatic rings. The van der Waals surface area contributed by atoms with Crippen molar-refractivity contribution in [1.29, 1.82) is 0 Å². The number of hydrogen-bond acceptors (Lipinski definition) is 2. The lowest BCUT2D eigenvalue weighted by atomic mass is 9.87. The molecule has 1 aromatic rings. The number of aryl methyl sites for hydroxylation is 1. The number of fused-ring (bicyclic) bond motifs is 1. The number of carbonyl (C=O) groups is 1. The number of benzene rings is 1. The van der Waals surface area contributed by atoms with E-state index in [1.54, 1.807) is 7.11 Å². The van der Waals surface area contributed by atoms with Crippen LogP contribution in [-0.2, 0) is 6.42 Å². The van der Waals surface area contributed by atoms with E-state index in [0.29, 0.717) is 12.3 Å². The number of methoxy groups -OCH3 is 1. The third kappa shape index (κ3) is 1.84. The van der Waals surface area contributed by atoms with E-state index in [9.17, 15) is 4.79 Å². The molecule has 0 heterocycles. The first kappa shape index (κ1) is 11.2. The monoisotopic (exact) mass is 218 g/mol. The molecule has 0 aromatic heterocycles. The number of Topliss-reactive ketones (excluding diaryl/α,β-unsaturated/α-hetero) is 1. The lowest BCUT2D eigenvalue weighted by molar-refractivity contribution is 0.0972. The van der Waals surface area contributed by atoms with E-state index in [0.717, 1.165) is 35.3 Å². The highest BCUT2D eigenvalue weighted by molar-refractivity contribution is 5.98. The van der Waals surface area contributed by atoms with Crippen LogP contribution in [0.15, 0.2) is 12.1 Å². The van der Waals surface area contributed by atoms with Crippen LogP contribution in [0.3, 0.4) is 0 Å². The summed E-state index contributed by atoms with van der Waals surface area (Å²) in [5.74, 6) is 1.59. The summed E-state index contributed by atoms with van der Waals surface area (Å²) >= 11 is 0. The van der Waals surface area contributed by atoms with Crippen molar-refractivity contribution in [2.75, 3.05) is 7.11 Å². The third-order valence-corrected chi connectivity index (χ3v) is 3.23. The van der Waals surface area contributed by atoms with E-state index in [2.05, 4.69) is 13.8 Å². The van der Waals surface area contributed by atoms with Crippen molar-refractivity contribution in [3.8, 4) is 5.75 Å². The van der Waals surface area contributed by atoms with E-state index >= 15 is 0 Å².